The first kappa shape index (κ1) is 78.3. The average molecular weight is 1010 g/mol. The lowest BCUT2D eigenvalue weighted by Gasteiger charge is -2.30. The first-order valence-corrected chi connectivity index (χ1v) is 24.8. The van der Waals surface area contributed by atoms with E-state index in [-0.39, 0.29) is 159 Å². The number of unbranched alkanes of at least 4 members (excludes halogenated alkanes) is 1. The minimum atomic E-state index is -0.396. The van der Waals surface area contributed by atoms with E-state index in [4.69, 9.17) is 71.5 Å². The number of hydrogen-bond acceptors (Lipinski definition) is 20. The Morgan fingerprint density at radius 2 is 0.754 bits per heavy atom. The van der Waals surface area contributed by atoms with E-state index in [1.54, 1.807) is 0 Å². The molecule has 0 atom stereocenters. The Hall–Kier alpha value is -2.15. The summed E-state index contributed by atoms with van der Waals surface area (Å²) in [6.45, 7) is 13.5. The lowest BCUT2D eigenvalue weighted by Crippen LogP contribution is -2.26. The molecular formula is C49H104O20. The Labute approximate surface area is 414 Å². The molecule has 1 saturated carbocycles. The van der Waals surface area contributed by atoms with Crippen molar-refractivity contribution < 1.29 is 100 Å². The van der Waals surface area contributed by atoms with E-state index in [2.05, 4.69) is 28.1 Å². The van der Waals surface area contributed by atoms with E-state index in [0.29, 0.717) is 31.8 Å². The van der Waals surface area contributed by atoms with Gasteiger partial charge in [-0.2, -0.15) is 0 Å². The molecule has 0 aliphatic heterocycles. The van der Waals surface area contributed by atoms with E-state index < -0.39 is 5.97 Å². The first-order chi connectivity index (χ1) is 32.9. The SMILES string of the molecule is CC(=O)OCC(CO)CO.CC(=O)OCCC(CO)CO.CC(=O)OCCCC(CO)CO.CC1CCC(C(CO)CO)CC1.CCC(CO)CO.CCCC(CO)CO.CCCCC(CO)CO. The van der Waals surface area contributed by atoms with Crippen LogP contribution in [0.2, 0.25) is 0 Å². The van der Waals surface area contributed by atoms with Crippen LogP contribution in [0.5, 0.6) is 0 Å². The third-order valence-corrected chi connectivity index (χ3v) is 11.0. The highest BCUT2D eigenvalue weighted by Crippen LogP contribution is 2.32. The molecule has 69 heavy (non-hydrogen) atoms. The van der Waals surface area contributed by atoms with E-state index in [1.165, 1.54) is 46.5 Å². The molecule has 1 aliphatic rings. The number of aliphatic hydroxyl groups excluding tert-OH is 14. The molecule has 0 bridgehead atoms. The van der Waals surface area contributed by atoms with Crippen molar-refractivity contribution in [3.63, 3.8) is 0 Å². The highest BCUT2D eigenvalue weighted by molar-refractivity contribution is 5.66. The summed E-state index contributed by atoms with van der Waals surface area (Å²) >= 11 is 0. The van der Waals surface area contributed by atoms with Gasteiger partial charge in [-0.1, -0.05) is 59.8 Å². The van der Waals surface area contributed by atoms with Crippen LogP contribution in [0, 0.1) is 53.3 Å². The van der Waals surface area contributed by atoms with Gasteiger partial charge in [-0.3, -0.25) is 14.4 Å². The molecule has 0 amide bonds. The highest BCUT2D eigenvalue weighted by atomic mass is 16.5. The maximum Gasteiger partial charge on any atom is 0.302 e. The maximum absolute atomic E-state index is 10.3. The van der Waals surface area contributed by atoms with Gasteiger partial charge >= 0.3 is 17.9 Å². The number of carbonyl (C=O) groups is 3. The van der Waals surface area contributed by atoms with Gasteiger partial charge in [0.05, 0.1) is 33.0 Å². The highest BCUT2D eigenvalue weighted by Gasteiger charge is 2.24. The summed E-state index contributed by atoms with van der Waals surface area (Å²) in [6.07, 6.45) is 12.8. The largest absolute Gasteiger partial charge is 0.466 e. The van der Waals surface area contributed by atoms with Gasteiger partial charge in [0.15, 0.2) is 0 Å². The predicted molar refractivity (Wildman–Crippen MR) is 263 cm³/mol. The maximum atomic E-state index is 10.3. The molecule has 1 rings (SSSR count). The van der Waals surface area contributed by atoms with Gasteiger partial charge in [-0.15, -0.1) is 0 Å². The van der Waals surface area contributed by atoms with Crippen LogP contribution in [0.1, 0.15) is 132 Å². The van der Waals surface area contributed by atoms with Crippen LogP contribution in [0.4, 0.5) is 0 Å². The van der Waals surface area contributed by atoms with E-state index in [1.807, 2.05) is 13.8 Å². The second-order valence-electron chi connectivity index (χ2n) is 17.3. The van der Waals surface area contributed by atoms with Crippen molar-refractivity contribution in [3.05, 3.63) is 0 Å². The number of carbonyl (C=O) groups excluding carboxylic acids is 3. The minimum Gasteiger partial charge on any atom is -0.466 e. The molecule has 0 spiro atoms. The molecule has 0 aromatic heterocycles. The molecular weight excluding hydrogens is 909 g/mol. The van der Waals surface area contributed by atoms with E-state index >= 15 is 0 Å². The average Bonchev–Trinajstić information content (AvgIpc) is 3.35. The van der Waals surface area contributed by atoms with Crippen LogP contribution in [-0.2, 0) is 28.6 Å². The molecule has 20 heteroatoms. The summed E-state index contributed by atoms with van der Waals surface area (Å²) in [4.78, 5) is 30.8. The van der Waals surface area contributed by atoms with Gasteiger partial charge in [0.2, 0.25) is 0 Å². The monoisotopic (exact) mass is 1010 g/mol. The van der Waals surface area contributed by atoms with Crippen molar-refractivity contribution in [2.24, 2.45) is 53.3 Å². The van der Waals surface area contributed by atoms with Gasteiger partial charge in [-0.05, 0) is 63.2 Å². The van der Waals surface area contributed by atoms with E-state index in [9.17, 15) is 14.4 Å². The summed E-state index contributed by atoms with van der Waals surface area (Å²) in [5.41, 5.74) is 0. The zero-order valence-electron chi connectivity index (χ0n) is 43.6. The molecule has 14 N–H and O–H groups in total. The number of esters is 3. The molecule has 0 unspecified atom stereocenters. The first-order valence-electron chi connectivity index (χ1n) is 24.8. The van der Waals surface area contributed by atoms with Gasteiger partial charge in [-0.25, -0.2) is 0 Å². The van der Waals surface area contributed by atoms with Crippen LogP contribution in [0.25, 0.3) is 0 Å². The number of hydrogen-bond donors (Lipinski definition) is 14. The van der Waals surface area contributed by atoms with Gasteiger partial charge in [0.25, 0.3) is 0 Å². The van der Waals surface area contributed by atoms with Crippen molar-refractivity contribution in [1.82, 2.24) is 0 Å². The molecule has 1 aliphatic carbocycles. The van der Waals surface area contributed by atoms with Gasteiger partial charge in [0, 0.05) is 141 Å². The van der Waals surface area contributed by atoms with Crippen LogP contribution >= 0.6 is 0 Å². The second kappa shape index (κ2) is 62.0. The molecule has 0 saturated heterocycles. The summed E-state index contributed by atoms with van der Waals surface area (Å²) in [6, 6.07) is 0. The fraction of sp³-hybridized carbons (Fsp3) is 0.939. The van der Waals surface area contributed by atoms with Crippen LogP contribution in [-0.4, -0.2) is 202 Å². The van der Waals surface area contributed by atoms with Crippen LogP contribution < -0.4 is 0 Å². The summed E-state index contributed by atoms with van der Waals surface area (Å²) in [5, 5.41) is 120. The number of aliphatic hydroxyl groups is 14. The molecule has 20 nitrogen and oxygen atoms in total. The van der Waals surface area contributed by atoms with Crippen molar-refractivity contribution >= 4 is 17.9 Å². The van der Waals surface area contributed by atoms with Crippen LogP contribution in [0.3, 0.4) is 0 Å². The van der Waals surface area contributed by atoms with Crippen molar-refractivity contribution in [2.45, 2.75) is 132 Å². The summed E-state index contributed by atoms with van der Waals surface area (Å²) in [5.74, 6) is 0.253. The van der Waals surface area contributed by atoms with Gasteiger partial charge in [0.1, 0.15) is 0 Å². The Morgan fingerprint density at radius 1 is 0.406 bits per heavy atom. The zero-order valence-corrected chi connectivity index (χ0v) is 43.6. The Bertz CT molecular complexity index is 987. The molecule has 0 radical (unpaired) electrons. The standard InChI is InChI=1S/C10H20O2.C8H16O4.C7H14O4.C7H16O2.C6H12O4.C6H14O2.C5H12O2/c1-8-2-4-9(5-3-8)10(6-11)7-12;1-7(11)12-4-2-3-8(5-9)6-10;1-6(10)11-3-2-7(4-8)5-9;1-2-3-4-7(5-8)6-9;1-5(9)10-4-6(2-7)3-8;1-2-3-6(4-7)5-8;1-2-5(3-6)4-7/h8-12H,2-7H2,1H3;8-10H,2-6H2,1H3;7-9H,2-5H2,1H3;7-9H,2-6H2,1H3;6-8H,2-4H2,1H3;6-8H,2-5H2,1H3;5-7H,2-4H2,1H3. The smallest absolute Gasteiger partial charge is 0.302 e. The predicted octanol–water partition coefficient (Wildman–Crippen LogP) is 1.20. The van der Waals surface area contributed by atoms with Gasteiger partial charge < -0.3 is 85.7 Å². The normalized spacial score (nSPS) is 13.9. The fourth-order valence-corrected chi connectivity index (χ4v) is 5.65. The Kier molecular flexibility index (Phi) is 70.3. The van der Waals surface area contributed by atoms with Crippen LogP contribution in [0.15, 0.2) is 0 Å². The zero-order chi connectivity index (χ0) is 54.3. The molecule has 0 aromatic rings. The number of rotatable bonds is 30. The third kappa shape index (κ3) is 60.1. The van der Waals surface area contributed by atoms with Crippen molar-refractivity contribution in [1.29, 1.82) is 0 Å². The molecule has 1 fully saturated rings. The molecule has 0 aromatic carbocycles. The third-order valence-electron chi connectivity index (χ3n) is 11.0. The second-order valence-corrected chi connectivity index (χ2v) is 17.3. The van der Waals surface area contributed by atoms with Crippen molar-refractivity contribution in [2.75, 3.05) is 112 Å². The summed E-state index contributed by atoms with van der Waals surface area (Å²) < 4.78 is 13.8. The summed E-state index contributed by atoms with van der Waals surface area (Å²) in [7, 11) is 0. The Balaban J connectivity index is -0.000000169. The quantitative estimate of drug-likeness (QED) is 0.0273. The lowest BCUT2D eigenvalue weighted by atomic mass is 9.77. The number of ether oxygens (including phenoxy) is 3. The molecule has 0 heterocycles. The van der Waals surface area contributed by atoms with E-state index in [0.717, 1.165) is 44.4 Å². The molecule has 420 valence electrons. The Morgan fingerprint density at radius 3 is 1.04 bits per heavy atom. The topological polar surface area (TPSA) is 362 Å². The van der Waals surface area contributed by atoms with Crippen molar-refractivity contribution in [3.8, 4) is 0 Å². The lowest BCUT2D eigenvalue weighted by molar-refractivity contribution is -0.143. The minimum absolute atomic E-state index is 0.0173. The fourth-order valence-electron chi connectivity index (χ4n) is 5.65.